The third-order valence-electron chi connectivity index (χ3n) is 4.09. The predicted molar refractivity (Wildman–Crippen MR) is 80.4 cm³/mol. The van der Waals surface area contributed by atoms with Crippen molar-refractivity contribution >= 4 is 5.91 Å². The van der Waals surface area contributed by atoms with Crippen LogP contribution in [0.1, 0.15) is 45.1 Å². The summed E-state index contributed by atoms with van der Waals surface area (Å²) in [6, 6.07) is 10.2. The van der Waals surface area contributed by atoms with Gasteiger partial charge in [0.05, 0.1) is 18.8 Å². The maximum absolute atomic E-state index is 12.0. The van der Waals surface area contributed by atoms with E-state index in [9.17, 15) is 4.79 Å². The van der Waals surface area contributed by atoms with Crippen molar-refractivity contribution in [2.45, 2.75) is 51.7 Å². The molecule has 3 nitrogen and oxygen atoms in total. The normalized spacial score (nSPS) is 22.5. The van der Waals surface area contributed by atoms with Crippen LogP contribution in [0.15, 0.2) is 30.3 Å². The Morgan fingerprint density at radius 1 is 1.30 bits per heavy atom. The maximum atomic E-state index is 12.0. The van der Waals surface area contributed by atoms with E-state index in [0.717, 1.165) is 25.8 Å². The number of amides is 1. The fourth-order valence-corrected chi connectivity index (χ4v) is 2.77. The molecule has 0 aliphatic carbocycles. The Morgan fingerprint density at radius 3 is 2.75 bits per heavy atom. The predicted octanol–water partition coefficient (Wildman–Crippen LogP) is 3.38. The average Bonchev–Trinajstić information content (AvgIpc) is 2.74. The number of hydrogen-bond donors (Lipinski definition) is 0. The molecule has 2 rings (SSSR count). The molecule has 0 saturated carbocycles. The van der Waals surface area contributed by atoms with Gasteiger partial charge in [-0.2, -0.15) is 0 Å². The molecule has 0 radical (unpaired) electrons. The molecule has 1 amide bonds. The second kappa shape index (κ2) is 6.89. The molecule has 1 aliphatic heterocycles. The summed E-state index contributed by atoms with van der Waals surface area (Å²) >= 11 is 0. The zero-order valence-corrected chi connectivity index (χ0v) is 12.6. The quantitative estimate of drug-likeness (QED) is 0.763. The summed E-state index contributed by atoms with van der Waals surface area (Å²) in [5.74, 6) is 0.282. The van der Waals surface area contributed by atoms with Crippen LogP contribution >= 0.6 is 0 Å². The van der Waals surface area contributed by atoms with Crippen molar-refractivity contribution in [3.63, 3.8) is 0 Å². The third-order valence-corrected chi connectivity index (χ3v) is 4.09. The molecule has 1 aliphatic rings. The summed E-state index contributed by atoms with van der Waals surface area (Å²) in [6.07, 6.45) is 3.75. The highest BCUT2D eigenvalue weighted by Gasteiger charge is 2.41. The highest BCUT2D eigenvalue weighted by atomic mass is 16.5. The maximum Gasteiger partial charge on any atom is 0.223 e. The van der Waals surface area contributed by atoms with E-state index in [0.29, 0.717) is 19.6 Å². The van der Waals surface area contributed by atoms with Crippen LogP contribution in [-0.2, 0) is 16.1 Å². The minimum atomic E-state index is -0.124. The number of likely N-dealkylation sites (tertiary alicyclic amines) is 1. The number of nitrogens with zero attached hydrogens (tertiary/aromatic N) is 1. The van der Waals surface area contributed by atoms with Gasteiger partial charge >= 0.3 is 0 Å². The fourth-order valence-electron chi connectivity index (χ4n) is 2.77. The van der Waals surface area contributed by atoms with Crippen molar-refractivity contribution in [3.05, 3.63) is 35.9 Å². The molecule has 110 valence electrons. The minimum Gasteiger partial charge on any atom is -0.374 e. The summed E-state index contributed by atoms with van der Waals surface area (Å²) in [6.45, 7) is 6.41. The summed E-state index contributed by atoms with van der Waals surface area (Å²) in [4.78, 5) is 14.0. The Morgan fingerprint density at radius 2 is 2.05 bits per heavy atom. The van der Waals surface area contributed by atoms with Crippen LogP contribution in [0.2, 0.25) is 0 Å². The van der Waals surface area contributed by atoms with E-state index in [2.05, 4.69) is 26.0 Å². The molecule has 0 spiro atoms. The van der Waals surface area contributed by atoms with Gasteiger partial charge in [-0.05, 0) is 25.3 Å². The van der Waals surface area contributed by atoms with Crippen molar-refractivity contribution in [2.24, 2.45) is 0 Å². The van der Waals surface area contributed by atoms with Crippen LogP contribution < -0.4 is 0 Å². The first kappa shape index (κ1) is 15.0. The summed E-state index contributed by atoms with van der Waals surface area (Å²) < 4.78 is 5.87. The lowest BCUT2D eigenvalue weighted by molar-refractivity contribution is -0.132. The standard InChI is InChI=1S/C17H25NO2/c1-3-4-12-18-16(19)10-11-17(18,2)14-20-13-15-8-6-5-7-9-15/h5-9H,3-4,10-14H2,1-2H3. The highest BCUT2D eigenvalue weighted by Crippen LogP contribution is 2.30. The molecule has 1 fully saturated rings. The van der Waals surface area contributed by atoms with Gasteiger partial charge in [0.1, 0.15) is 0 Å². The molecule has 1 saturated heterocycles. The number of benzene rings is 1. The molecule has 1 atom stereocenters. The van der Waals surface area contributed by atoms with Crippen LogP contribution in [0.5, 0.6) is 0 Å². The van der Waals surface area contributed by atoms with Crippen LogP contribution in [0.25, 0.3) is 0 Å². The number of ether oxygens (including phenoxy) is 1. The molecule has 0 bridgehead atoms. The van der Waals surface area contributed by atoms with E-state index in [-0.39, 0.29) is 11.4 Å². The number of hydrogen-bond acceptors (Lipinski definition) is 2. The van der Waals surface area contributed by atoms with Crippen LogP contribution in [0, 0.1) is 0 Å². The Kier molecular flexibility index (Phi) is 5.18. The third kappa shape index (κ3) is 3.60. The first-order valence-electron chi connectivity index (χ1n) is 7.58. The summed E-state index contributed by atoms with van der Waals surface area (Å²) in [5, 5.41) is 0. The second-order valence-electron chi connectivity index (χ2n) is 5.87. The molecule has 1 aromatic carbocycles. The van der Waals surface area contributed by atoms with Crippen molar-refractivity contribution in [1.29, 1.82) is 0 Å². The molecule has 1 unspecified atom stereocenters. The second-order valence-corrected chi connectivity index (χ2v) is 5.87. The van der Waals surface area contributed by atoms with Gasteiger partial charge in [0.2, 0.25) is 5.91 Å². The van der Waals surface area contributed by atoms with Crippen LogP contribution in [0.4, 0.5) is 0 Å². The SMILES string of the molecule is CCCCN1C(=O)CCC1(C)COCc1ccccc1. The van der Waals surface area contributed by atoms with Gasteiger partial charge in [-0.25, -0.2) is 0 Å². The van der Waals surface area contributed by atoms with E-state index < -0.39 is 0 Å². The van der Waals surface area contributed by atoms with Gasteiger partial charge in [0.25, 0.3) is 0 Å². The van der Waals surface area contributed by atoms with Gasteiger partial charge in [0.15, 0.2) is 0 Å². The monoisotopic (exact) mass is 275 g/mol. The lowest BCUT2D eigenvalue weighted by atomic mass is 10.00. The number of rotatable bonds is 7. The molecular formula is C17H25NO2. The largest absolute Gasteiger partial charge is 0.374 e. The van der Waals surface area contributed by atoms with Crippen molar-refractivity contribution < 1.29 is 9.53 Å². The van der Waals surface area contributed by atoms with Crippen molar-refractivity contribution in [2.75, 3.05) is 13.2 Å². The molecule has 1 heterocycles. The van der Waals surface area contributed by atoms with Gasteiger partial charge in [-0.1, -0.05) is 43.7 Å². The first-order valence-corrected chi connectivity index (χ1v) is 7.58. The van der Waals surface area contributed by atoms with Crippen LogP contribution in [-0.4, -0.2) is 29.5 Å². The molecule has 20 heavy (non-hydrogen) atoms. The van der Waals surface area contributed by atoms with E-state index in [1.54, 1.807) is 0 Å². The zero-order valence-electron chi connectivity index (χ0n) is 12.6. The van der Waals surface area contributed by atoms with E-state index in [1.165, 1.54) is 5.56 Å². The first-order chi connectivity index (χ1) is 9.65. The van der Waals surface area contributed by atoms with E-state index in [4.69, 9.17) is 4.74 Å². The molecule has 0 N–H and O–H groups in total. The summed E-state index contributed by atoms with van der Waals surface area (Å²) in [5.41, 5.74) is 1.06. The van der Waals surface area contributed by atoms with E-state index >= 15 is 0 Å². The number of carbonyl (C=O) groups is 1. The zero-order chi connectivity index (χ0) is 14.4. The van der Waals surface area contributed by atoms with E-state index in [1.807, 2.05) is 23.1 Å². The Hall–Kier alpha value is -1.35. The van der Waals surface area contributed by atoms with Gasteiger partial charge in [-0.3, -0.25) is 4.79 Å². The smallest absolute Gasteiger partial charge is 0.223 e. The number of carbonyl (C=O) groups excluding carboxylic acids is 1. The summed E-state index contributed by atoms with van der Waals surface area (Å²) in [7, 11) is 0. The Balaban J connectivity index is 1.87. The van der Waals surface area contributed by atoms with Crippen LogP contribution in [0.3, 0.4) is 0 Å². The minimum absolute atomic E-state index is 0.124. The lowest BCUT2D eigenvalue weighted by Gasteiger charge is -2.35. The molecule has 0 aromatic heterocycles. The molecule has 3 heteroatoms. The highest BCUT2D eigenvalue weighted by molar-refractivity contribution is 5.79. The average molecular weight is 275 g/mol. The topological polar surface area (TPSA) is 29.5 Å². The van der Waals surface area contributed by atoms with Crippen molar-refractivity contribution in [3.8, 4) is 0 Å². The van der Waals surface area contributed by atoms with Gasteiger partial charge in [0, 0.05) is 13.0 Å². The lowest BCUT2D eigenvalue weighted by Crippen LogP contribution is -2.47. The van der Waals surface area contributed by atoms with Gasteiger partial charge < -0.3 is 9.64 Å². The number of unbranched alkanes of at least 4 members (excludes halogenated alkanes) is 1. The Bertz CT molecular complexity index is 432. The molecular weight excluding hydrogens is 250 g/mol. The fraction of sp³-hybridized carbons (Fsp3) is 0.588. The Labute approximate surface area is 121 Å². The van der Waals surface area contributed by atoms with Crippen molar-refractivity contribution in [1.82, 2.24) is 4.90 Å². The molecule has 1 aromatic rings. The van der Waals surface area contributed by atoms with Gasteiger partial charge in [-0.15, -0.1) is 0 Å².